The van der Waals surface area contributed by atoms with Gasteiger partial charge in [0.15, 0.2) is 0 Å². The molecule has 0 radical (unpaired) electrons. The first kappa shape index (κ1) is 10.7. The number of hydrogen-bond donors (Lipinski definition) is 0. The highest BCUT2D eigenvalue weighted by atomic mass is 16.1. The fourth-order valence-corrected chi connectivity index (χ4v) is 1.71. The molecule has 86 valence electrons. The predicted molar refractivity (Wildman–Crippen MR) is 61.3 cm³/mol. The first-order valence-corrected chi connectivity index (χ1v) is 5.45. The Bertz CT molecular complexity index is 520. The Morgan fingerprint density at radius 3 is 2.62 bits per heavy atom. The van der Waals surface area contributed by atoms with E-state index in [-0.39, 0.29) is 5.69 Å². The van der Waals surface area contributed by atoms with Crippen LogP contribution in [0.4, 0.5) is 0 Å². The van der Waals surface area contributed by atoms with Gasteiger partial charge < -0.3 is 0 Å². The molecule has 5 nitrogen and oxygen atoms in total. The fourth-order valence-electron chi connectivity index (χ4n) is 1.71. The van der Waals surface area contributed by atoms with Gasteiger partial charge in [0, 0.05) is 32.2 Å². The van der Waals surface area contributed by atoms with Crippen LogP contribution >= 0.6 is 0 Å². The van der Waals surface area contributed by atoms with Crippen molar-refractivity contribution in [2.24, 2.45) is 7.05 Å². The number of imidazole rings is 1. The highest BCUT2D eigenvalue weighted by Crippen LogP contribution is 1.97. The second-order valence-electron chi connectivity index (χ2n) is 3.88. The van der Waals surface area contributed by atoms with Crippen LogP contribution in [0.1, 0.15) is 19.0 Å². The summed E-state index contributed by atoms with van der Waals surface area (Å²) in [4.78, 5) is 11.9. The van der Waals surface area contributed by atoms with Crippen LogP contribution in [-0.2, 0) is 20.1 Å². The van der Waals surface area contributed by atoms with Crippen molar-refractivity contribution in [3.05, 3.63) is 40.8 Å². The Morgan fingerprint density at radius 1 is 1.25 bits per heavy atom. The molecule has 0 saturated heterocycles. The molecule has 0 N–H and O–H groups in total. The van der Waals surface area contributed by atoms with Gasteiger partial charge >= 0.3 is 5.69 Å². The van der Waals surface area contributed by atoms with Crippen molar-refractivity contribution < 1.29 is 0 Å². The van der Waals surface area contributed by atoms with Gasteiger partial charge in [-0.15, -0.1) is 0 Å². The largest absolute Gasteiger partial charge is 0.328 e. The van der Waals surface area contributed by atoms with Gasteiger partial charge in [0.25, 0.3) is 0 Å². The number of hydrogen-bond acceptors (Lipinski definition) is 2. The minimum atomic E-state index is 0.0347. The van der Waals surface area contributed by atoms with Gasteiger partial charge in [0.2, 0.25) is 0 Å². The van der Waals surface area contributed by atoms with Crippen LogP contribution in [0.2, 0.25) is 0 Å². The summed E-state index contributed by atoms with van der Waals surface area (Å²) in [6.45, 7) is 3.37. The van der Waals surface area contributed by atoms with Crippen LogP contribution in [0.15, 0.2) is 29.5 Å². The van der Waals surface area contributed by atoms with Crippen molar-refractivity contribution in [1.29, 1.82) is 0 Å². The van der Waals surface area contributed by atoms with Crippen LogP contribution in [0.3, 0.4) is 0 Å². The van der Waals surface area contributed by atoms with Gasteiger partial charge in [-0.1, -0.05) is 6.92 Å². The molecule has 5 heteroatoms. The normalized spacial score (nSPS) is 10.9. The second-order valence-corrected chi connectivity index (χ2v) is 3.88. The van der Waals surface area contributed by atoms with Crippen molar-refractivity contribution in [1.82, 2.24) is 18.9 Å². The van der Waals surface area contributed by atoms with Crippen molar-refractivity contribution in [2.75, 3.05) is 0 Å². The number of nitrogens with zero attached hydrogens (tertiary/aromatic N) is 4. The van der Waals surface area contributed by atoms with E-state index in [4.69, 9.17) is 0 Å². The molecule has 0 atom stereocenters. The molecule has 0 aromatic carbocycles. The maximum atomic E-state index is 11.9. The molecule has 0 saturated carbocycles. The molecule has 2 aromatic heterocycles. The third-order valence-corrected chi connectivity index (χ3v) is 2.48. The van der Waals surface area contributed by atoms with E-state index in [2.05, 4.69) is 12.0 Å². The van der Waals surface area contributed by atoms with E-state index in [9.17, 15) is 4.79 Å². The molecule has 16 heavy (non-hydrogen) atoms. The van der Waals surface area contributed by atoms with E-state index in [1.807, 2.05) is 31.7 Å². The first-order chi connectivity index (χ1) is 7.70. The molecule has 0 fully saturated rings. The van der Waals surface area contributed by atoms with Gasteiger partial charge in [0.1, 0.15) is 0 Å². The van der Waals surface area contributed by atoms with E-state index in [0.29, 0.717) is 6.54 Å². The molecule has 0 aliphatic heterocycles. The summed E-state index contributed by atoms with van der Waals surface area (Å²) in [5, 5.41) is 4.25. The summed E-state index contributed by atoms with van der Waals surface area (Å²) < 4.78 is 5.14. The van der Waals surface area contributed by atoms with Gasteiger partial charge in [-0.3, -0.25) is 13.8 Å². The summed E-state index contributed by atoms with van der Waals surface area (Å²) >= 11 is 0. The predicted octanol–water partition coefficient (Wildman–Crippen LogP) is 0.842. The molecule has 0 bridgehead atoms. The molecule has 0 amide bonds. The third-order valence-electron chi connectivity index (χ3n) is 2.48. The van der Waals surface area contributed by atoms with Crippen molar-refractivity contribution in [3.8, 4) is 0 Å². The highest BCUT2D eigenvalue weighted by molar-refractivity contribution is 5.00. The molecule has 0 unspecified atom stereocenters. The lowest BCUT2D eigenvalue weighted by molar-refractivity contribution is 0.616. The third kappa shape index (κ3) is 2.08. The topological polar surface area (TPSA) is 44.8 Å². The van der Waals surface area contributed by atoms with Crippen LogP contribution in [-0.4, -0.2) is 18.9 Å². The maximum absolute atomic E-state index is 11.9. The molecule has 0 spiro atoms. The van der Waals surface area contributed by atoms with Crippen LogP contribution < -0.4 is 5.69 Å². The molecular formula is C11H16N4O. The highest BCUT2D eigenvalue weighted by Gasteiger charge is 2.04. The zero-order valence-corrected chi connectivity index (χ0v) is 9.63. The summed E-state index contributed by atoms with van der Waals surface area (Å²) in [5.74, 6) is 0. The smallest absolute Gasteiger partial charge is 0.299 e. The van der Waals surface area contributed by atoms with Crippen molar-refractivity contribution >= 4 is 0 Å². The number of rotatable bonds is 4. The molecule has 2 heterocycles. The van der Waals surface area contributed by atoms with Gasteiger partial charge in [-0.25, -0.2) is 4.79 Å². The lowest BCUT2D eigenvalue weighted by Gasteiger charge is -1.98. The summed E-state index contributed by atoms with van der Waals surface area (Å²) in [5.41, 5.74) is 0.936. The van der Waals surface area contributed by atoms with E-state index < -0.39 is 0 Å². The lowest BCUT2D eigenvalue weighted by atomic mass is 10.4. The minimum Gasteiger partial charge on any atom is -0.299 e. The Balaban J connectivity index is 2.19. The Labute approximate surface area is 93.9 Å². The van der Waals surface area contributed by atoms with E-state index >= 15 is 0 Å². The minimum absolute atomic E-state index is 0.0347. The standard InChI is InChI=1S/C11H16N4O/c1-3-5-14-7-8-15(11(14)16)9-10-4-6-13(2)12-10/h4,6-8H,3,5,9H2,1-2H3. The van der Waals surface area contributed by atoms with Gasteiger partial charge in [-0.05, 0) is 12.5 Å². The molecule has 2 rings (SSSR count). The van der Waals surface area contributed by atoms with Crippen LogP contribution in [0.5, 0.6) is 0 Å². The Kier molecular flexibility index (Phi) is 2.94. The van der Waals surface area contributed by atoms with Crippen molar-refractivity contribution in [3.63, 3.8) is 0 Å². The molecule has 2 aromatic rings. The molecule has 0 aliphatic carbocycles. The zero-order chi connectivity index (χ0) is 11.5. The van der Waals surface area contributed by atoms with Crippen molar-refractivity contribution in [2.45, 2.75) is 26.4 Å². The average molecular weight is 220 g/mol. The first-order valence-electron chi connectivity index (χ1n) is 5.45. The fraction of sp³-hybridized carbons (Fsp3) is 0.455. The zero-order valence-electron chi connectivity index (χ0n) is 9.63. The van der Waals surface area contributed by atoms with Crippen LogP contribution in [0.25, 0.3) is 0 Å². The van der Waals surface area contributed by atoms with E-state index in [0.717, 1.165) is 18.7 Å². The lowest BCUT2D eigenvalue weighted by Crippen LogP contribution is -2.24. The average Bonchev–Trinajstić information content (AvgIpc) is 2.80. The SMILES string of the molecule is CCCn1ccn(Cc2ccn(C)n2)c1=O. The van der Waals surface area contributed by atoms with Gasteiger partial charge in [-0.2, -0.15) is 5.10 Å². The Hall–Kier alpha value is -1.78. The van der Waals surface area contributed by atoms with Gasteiger partial charge in [0.05, 0.1) is 12.2 Å². The summed E-state index contributed by atoms with van der Waals surface area (Å²) in [6, 6.07) is 1.92. The molecule has 0 aliphatic rings. The second kappa shape index (κ2) is 4.38. The maximum Gasteiger partial charge on any atom is 0.328 e. The molecular weight excluding hydrogens is 204 g/mol. The summed E-state index contributed by atoms with van der Waals surface area (Å²) in [7, 11) is 1.87. The van der Waals surface area contributed by atoms with E-state index in [1.54, 1.807) is 13.8 Å². The quantitative estimate of drug-likeness (QED) is 0.766. The number of aryl methyl sites for hydroxylation is 2. The van der Waals surface area contributed by atoms with Crippen LogP contribution in [0, 0.1) is 0 Å². The summed E-state index contributed by atoms with van der Waals surface area (Å²) in [6.07, 6.45) is 6.48. The monoisotopic (exact) mass is 220 g/mol. The number of aromatic nitrogens is 4. The van der Waals surface area contributed by atoms with E-state index in [1.165, 1.54) is 0 Å². The Morgan fingerprint density at radius 2 is 2.00 bits per heavy atom.